The maximum atomic E-state index is 9.05. The highest BCUT2D eigenvalue weighted by molar-refractivity contribution is 6.08. The van der Waals surface area contributed by atoms with Gasteiger partial charge >= 0.3 is 0 Å². The second-order valence-corrected chi connectivity index (χ2v) is 9.43. The average Bonchev–Trinajstić information content (AvgIpc) is 3.37. The molecule has 35 heavy (non-hydrogen) atoms. The highest BCUT2D eigenvalue weighted by Gasteiger charge is 2.28. The zero-order chi connectivity index (χ0) is 24.5. The molecule has 3 aromatic rings. The smallest absolute Gasteiger partial charge is 0.178 e. The molecule has 0 saturated carbocycles. The Morgan fingerprint density at radius 2 is 2.11 bits per heavy atom. The highest BCUT2D eigenvalue weighted by atomic mass is 16.5. The number of benzene rings is 1. The molecular formula is C25H33N8O2+. The van der Waals surface area contributed by atoms with Crippen molar-refractivity contribution in [1.82, 2.24) is 29.2 Å². The van der Waals surface area contributed by atoms with Gasteiger partial charge in [-0.2, -0.15) is 5.10 Å². The number of aliphatic hydroxyl groups is 1. The van der Waals surface area contributed by atoms with Crippen molar-refractivity contribution in [1.29, 1.82) is 5.41 Å². The summed E-state index contributed by atoms with van der Waals surface area (Å²) < 4.78 is 10.1. The highest BCUT2D eigenvalue weighted by Crippen LogP contribution is 2.35. The molecule has 0 spiro atoms. The number of nitrogens with two attached hydrogens (primary N) is 1. The van der Waals surface area contributed by atoms with Gasteiger partial charge in [0.2, 0.25) is 0 Å². The summed E-state index contributed by atoms with van der Waals surface area (Å²) in [6.07, 6.45) is 5.44. The van der Waals surface area contributed by atoms with Crippen LogP contribution in [0.1, 0.15) is 31.3 Å². The van der Waals surface area contributed by atoms with E-state index in [1.807, 2.05) is 42.2 Å². The molecule has 10 heteroatoms. The molecule has 2 aromatic heterocycles. The molecule has 0 bridgehead atoms. The van der Waals surface area contributed by atoms with Crippen LogP contribution >= 0.6 is 0 Å². The van der Waals surface area contributed by atoms with Crippen molar-refractivity contribution in [3.8, 4) is 28.7 Å². The minimum atomic E-state index is 0.187. The molecule has 5 rings (SSSR count). The lowest BCUT2D eigenvalue weighted by molar-refractivity contribution is -0.638. The summed E-state index contributed by atoms with van der Waals surface area (Å²) in [5.74, 6) is 3.12. The third-order valence-electron chi connectivity index (χ3n) is 6.48. The van der Waals surface area contributed by atoms with E-state index in [1.54, 1.807) is 0 Å². The Labute approximate surface area is 204 Å². The van der Waals surface area contributed by atoms with Crippen LogP contribution in [0.5, 0.6) is 5.75 Å². The molecule has 0 atom stereocenters. The number of nitrogens with one attached hydrogen (secondary N) is 1. The van der Waals surface area contributed by atoms with Gasteiger partial charge in [0.05, 0.1) is 37.4 Å². The van der Waals surface area contributed by atoms with Gasteiger partial charge in [-0.25, -0.2) is 14.6 Å². The lowest BCUT2D eigenvalue weighted by Crippen LogP contribution is -2.92. The van der Waals surface area contributed by atoms with Crippen molar-refractivity contribution in [2.45, 2.75) is 39.4 Å². The van der Waals surface area contributed by atoms with Crippen molar-refractivity contribution >= 4 is 11.8 Å². The van der Waals surface area contributed by atoms with Gasteiger partial charge < -0.3 is 25.1 Å². The fourth-order valence-corrected chi connectivity index (χ4v) is 4.66. The van der Waals surface area contributed by atoms with Crippen molar-refractivity contribution in [3.63, 3.8) is 0 Å². The number of hydrogen-bond acceptors (Lipinski definition) is 7. The minimum Gasteiger partial charge on any atom is -0.491 e. The number of β-amino-alcohol motifs (C(OH)–C–C–N with tert-alkyl or cyclic N) is 1. The molecule has 4 N–H and O–H groups in total. The molecule has 4 heterocycles. The first-order valence-corrected chi connectivity index (χ1v) is 12.1. The Balaban J connectivity index is 1.41. The number of rotatable bonds is 8. The maximum Gasteiger partial charge on any atom is 0.178 e. The Morgan fingerprint density at radius 3 is 2.86 bits per heavy atom. The van der Waals surface area contributed by atoms with Crippen LogP contribution in [0.2, 0.25) is 0 Å². The van der Waals surface area contributed by atoms with Crippen LogP contribution in [0.25, 0.3) is 28.5 Å². The Hall–Kier alpha value is -3.34. The van der Waals surface area contributed by atoms with E-state index in [-0.39, 0.29) is 12.6 Å². The number of aryl methyl sites for hydroxylation is 1. The quantitative estimate of drug-likeness (QED) is 0.421. The fraction of sp³-hybridized carbons (Fsp3) is 0.440. The van der Waals surface area contributed by atoms with Gasteiger partial charge in [-0.1, -0.05) is 6.07 Å². The number of allylic oxidation sites excluding steroid dienone is 1. The van der Waals surface area contributed by atoms with Gasteiger partial charge in [-0.15, -0.1) is 0 Å². The summed E-state index contributed by atoms with van der Waals surface area (Å²) in [5.41, 5.74) is 3.51. The van der Waals surface area contributed by atoms with Crippen molar-refractivity contribution in [2.75, 3.05) is 32.8 Å². The van der Waals surface area contributed by atoms with E-state index in [0.717, 1.165) is 65.3 Å². The minimum absolute atomic E-state index is 0.187. The predicted molar refractivity (Wildman–Crippen MR) is 133 cm³/mol. The number of aromatic nitrogens is 5. The third kappa shape index (κ3) is 4.64. The maximum absolute atomic E-state index is 9.05. The van der Waals surface area contributed by atoms with Crippen molar-refractivity contribution in [2.24, 2.45) is 0 Å². The average molecular weight is 478 g/mol. The fourth-order valence-electron chi connectivity index (χ4n) is 4.66. The summed E-state index contributed by atoms with van der Waals surface area (Å²) in [6, 6.07) is 6.70. The molecular weight excluding hydrogens is 444 g/mol. The van der Waals surface area contributed by atoms with Gasteiger partial charge in [-0.05, 0) is 38.5 Å². The second kappa shape index (κ2) is 9.73. The zero-order valence-corrected chi connectivity index (χ0v) is 20.5. The van der Waals surface area contributed by atoms with Gasteiger partial charge in [0.15, 0.2) is 5.82 Å². The molecule has 184 valence electrons. The van der Waals surface area contributed by atoms with E-state index in [1.165, 1.54) is 6.21 Å². The molecule has 2 aliphatic heterocycles. The van der Waals surface area contributed by atoms with Crippen LogP contribution in [0.3, 0.4) is 0 Å². The zero-order valence-electron chi connectivity index (χ0n) is 20.5. The molecule has 0 radical (unpaired) electrons. The third-order valence-corrected chi connectivity index (χ3v) is 6.48. The standard InChI is InChI=1S/C25H32N8O2/c1-16(2)33-25(28-17(3)30-33)22-15-32-7-9-35-23-10-18(4-5-21(23)24(32)29-22)19(11-26)12-27-20-13-31(14-20)6-8-34/h4-5,10-12,15-16,20,26-27,34H,6-9,13-14H2,1-3H3/p+1. The number of hydrogen-bond donors (Lipinski definition) is 3. The van der Waals surface area contributed by atoms with Gasteiger partial charge in [0, 0.05) is 25.0 Å². The summed E-state index contributed by atoms with van der Waals surface area (Å²) in [5, 5.41) is 23.7. The van der Waals surface area contributed by atoms with Crippen LogP contribution in [-0.2, 0) is 6.54 Å². The molecule has 1 fully saturated rings. The number of nitrogens with zero attached hydrogens (tertiary/aromatic N) is 6. The number of likely N-dealkylation sites (tertiary alicyclic amines) is 1. The first kappa shape index (κ1) is 23.4. The molecule has 1 aromatic carbocycles. The van der Waals surface area contributed by atoms with E-state index in [2.05, 4.69) is 38.7 Å². The Kier molecular flexibility index (Phi) is 6.50. The lowest BCUT2D eigenvalue weighted by atomic mass is 10.0. The molecule has 0 amide bonds. The largest absolute Gasteiger partial charge is 0.491 e. The van der Waals surface area contributed by atoms with E-state index in [9.17, 15) is 0 Å². The number of aliphatic hydroxyl groups excluding tert-OH is 1. The summed E-state index contributed by atoms with van der Waals surface area (Å²) >= 11 is 0. The molecule has 0 unspecified atom stereocenters. The van der Waals surface area contributed by atoms with Crippen LogP contribution in [0.15, 0.2) is 30.6 Å². The Bertz CT molecular complexity index is 1250. The molecule has 2 aliphatic rings. The van der Waals surface area contributed by atoms with Gasteiger partial charge in [0.1, 0.15) is 41.9 Å². The van der Waals surface area contributed by atoms with Crippen molar-refractivity contribution < 1.29 is 15.2 Å². The van der Waals surface area contributed by atoms with Crippen molar-refractivity contribution in [3.05, 3.63) is 42.0 Å². The predicted octanol–water partition coefficient (Wildman–Crippen LogP) is 1.32. The summed E-state index contributed by atoms with van der Waals surface area (Å²) in [7, 11) is 0. The van der Waals surface area contributed by atoms with Crippen LogP contribution in [0.4, 0.5) is 0 Å². The number of imidazole rings is 1. The molecule has 1 saturated heterocycles. The van der Waals surface area contributed by atoms with E-state index in [4.69, 9.17) is 20.2 Å². The molecule has 0 aliphatic carbocycles. The molecule has 10 nitrogen and oxygen atoms in total. The first-order valence-electron chi connectivity index (χ1n) is 12.1. The van der Waals surface area contributed by atoms with E-state index >= 15 is 0 Å². The normalized spacial score (nSPS) is 16.4. The van der Waals surface area contributed by atoms with Crippen LogP contribution < -0.4 is 10.1 Å². The van der Waals surface area contributed by atoms with E-state index in [0.29, 0.717) is 19.2 Å². The second-order valence-electron chi connectivity index (χ2n) is 9.43. The number of ether oxygens (including phenoxy) is 1. The topological polar surface area (TPSA) is 122 Å². The van der Waals surface area contributed by atoms with Gasteiger partial charge in [0.25, 0.3) is 0 Å². The van der Waals surface area contributed by atoms with Crippen LogP contribution in [-0.4, -0.2) is 79.4 Å². The first-order chi connectivity index (χ1) is 17.0. The lowest BCUT2D eigenvalue weighted by Gasteiger charge is -2.35. The number of fused-ring (bicyclic) bond motifs is 3. The van der Waals surface area contributed by atoms with Crippen LogP contribution in [0, 0.1) is 12.3 Å². The Morgan fingerprint density at radius 1 is 1.29 bits per heavy atom. The van der Waals surface area contributed by atoms with E-state index < -0.39 is 0 Å². The van der Waals surface area contributed by atoms with Gasteiger partial charge in [-0.3, -0.25) is 4.90 Å². The monoisotopic (exact) mass is 477 g/mol. The summed E-state index contributed by atoms with van der Waals surface area (Å²) in [6.45, 7) is 10.1. The number of quaternary nitrogens is 1. The SMILES string of the molecule is Cc1nc(-c2cn3c(n2)-c2ccc(C(C=N)=C[NH2+]C4CN(CCO)C4)cc2OCC3)n(C(C)C)n1. The summed E-state index contributed by atoms with van der Waals surface area (Å²) in [4.78, 5) is 11.8.